The standard InChI is InChI=1S/C17H21N3O4S.C2H2O4/c1-18-25(22,23)10-9-20(13-14-5-4-8-19-12-14)17(21)15-6-3-7-16(11-15)24-2;3-1(4)2(5)6/h3-8,11-12,18H,9-10,13H2,1-2H3;(H,3,4)(H,5,6). The first-order valence-corrected chi connectivity index (χ1v) is 10.4. The highest BCUT2D eigenvalue weighted by Crippen LogP contribution is 2.16. The Kier molecular flexibility index (Phi) is 10.1. The van der Waals surface area contributed by atoms with E-state index in [-0.39, 0.29) is 24.7 Å². The summed E-state index contributed by atoms with van der Waals surface area (Å²) in [6, 6.07) is 10.4. The summed E-state index contributed by atoms with van der Waals surface area (Å²) in [6.07, 6.45) is 3.29. The predicted molar refractivity (Wildman–Crippen MR) is 110 cm³/mol. The lowest BCUT2D eigenvalue weighted by atomic mass is 10.1. The molecule has 0 radical (unpaired) electrons. The number of nitrogens with one attached hydrogen (secondary N) is 1. The van der Waals surface area contributed by atoms with E-state index in [1.165, 1.54) is 19.1 Å². The molecule has 11 nitrogen and oxygen atoms in total. The lowest BCUT2D eigenvalue weighted by molar-refractivity contribution is -0.159. The van der Waals surface area contributed by atoms with Crippen LogP contribution in [0.4, 0.5) is 0 Å². The normalized spacial score (nSPS) is 10.4. The van der Waals surface area contributed by atoms with Crippen LogP contribution in [0.15, 0.2) is 48.8 Å². The van der Waals surface area contributed by atoms with Gasteiger partial charge in [0.2, 0.25) is 10.0 Å². The molecule has 0 fully saturated rings. The fraction of sp³-hybridized carbons (Fsp3) is 0.263. The third-order valence-electron chi connectivity index (χ3n) is 3.82. The van der Waals surface area contributed by atoms with Gasteiger partial charge in [-0.05, 0) is 36.9 Å². The maximum atomic E-state index is 12.9. The smallest absolute Gasteiger partial charge is 0.414 e. The van der Waals surface area contributed by atoms with Crippen LogP contribution in [0.2, 0.25) is 0 Å². The third kappa shape index (κ3) is 9.23. The zero-order valence-corrected chi connectivity index (χ0v) is 17.7. The zero-order chi connectivity index (χ0) is 23.4. The number of aromatic nitrogens is 1. The molecule has 1 amide bonds. The van der Waals surface area contributed by atoms with E-state index >= 15 is 0 Å². The number of carbonyl (C=O) groups excluding carboxylic acids is 1. The Morgan fingerprint density at radius 1 is 1.13 bits per heavy atom. The van der Waals surface area contributed by atoms with Crippen molar-refractivity contribution in [1.29, 1.82) is 0 Å². The van der Waals surface area contributed by atoms with Gasteiger partial charge in [-0.2, -0.15) is 0 Å². The fourth-order valence-electron chi connectivity index (χ4n) is 2.24. The highest BCUT2D eigenvalue weighted by atomic mass is 32.2. The van der Waals surface area contributed by atoms with Gasteiger partial charge < -0.3 is 19.8 Å². The van der Waals surface area contributed by atoms with Gasteiger partial charge in [-0.3, -0.25) is 9.78 Å². The summed E-state index contributed by atoms with van der Waals surface area (Å²) in [6.45, 7) is 0.331. The second-order valence-electron chi connectivity index (χ2n) is 5.95. The molecule has 168 valence electrons. The first-order chi connectivity index (χ1) is 14.6. The van der Waals surface area contributed by atoms with Crippen LogP contribution in [0.25, 0.3) is 0 Å². The number of ether oxygens (including phenoxy) is 1. The van der Waals surface area contributed by atoms with Crippen LogP contribution in [0.3, 0.4) is 0 Å². The van der Waals surface area contributed by atoms with Gasteiger partial charge in [0.25, 0.3) is 5.91 Å². The van der Waals surface area contributed by atoms with Crippen molar-refractivity contribution in [2.75, 3.05) is 26.5 Å². The van der Waals surface area contributed by atoms with E-state index in [9.17, 15) is 13.2 Å². The first kappa shape index (κ1) is 25.5. The minimum Gasteiger partial charge on any atom is -0.497 e. The number of nitrogens with zero attached hydrogens (tertiary/aromatic N) is 2. The predicted octanol–water partition coefficient (Wildman–Crippen LogP) is 0.437. The number of rotatable bonds is 8. The van der Waals surface area contributed by atoms with Crippen molar-refractivity contribution in [2.45, 2.75) is 6.54 Å². The largest absolute Gasteiger partial charge is 0.497 e. The number of aliphatic carboxylic acids is 2. The van der Waals surface area contributed by atoms with Crippen molar-refractivity contribution in [1.82, 2.24) is 14.6 Å². The van der Waals surface area contributed by atoms with Crippen molar-refractivity contribution >= 4 is 27.9 Å². The van der Waals surface area contributed by atoms with E-state index in [0.29, 0.717) is 11.3 Å². The van der Waals surface area contributed by atoms with Gasteiger partial charge in [-0.25, -0.2) is 22.7 Å². The van der Waals surface area contributed by atoms with Gasteiger partial charge in [-0.15, -0.1) is 0 Å². The molecule has 0 saturated carbocycles. The van der Waals surface area contributed by atoms with Crippen LogP contribution in [0.1, 0.15) is 15.9 Å². The van der Waals surface area contributed by atoms with Gasteiger partial charge >= 0.3 is 11.9 Å². The highest BCUT2D eigenvalue weighted by Gasteiger charge is 2.19. The molecule has 0 aliphatic heterocycles. The Bertz CT molecular complexity index is 984. The molecular formula is C19H23N3O8S. The Balaban J connectivity index is 0.000000703. The van der Waals surface area contributed by atoms with Gasteiger partial charge in [0, 0.05) is 31.0 Å². The third-order valence-corrected chi connectivity index (χ3v) is 5.17. The van der Waals surface area contributed by atoms with Crippen molar-refractivity contribution in [2.24, 2.45) is 0 Å². The molecule has 0 atom stereocenters. The molecule has 3 N–H and O–H groups in total. The molecule has 0 aliphatic carbocycles. The molecule has 12 heteroatoms. The summed E-state index contributed by atoms with van der Waals surface area (Å²) in [4.78, 5) is 36.6. The molecule has 0 spiro atoms. The Morgan fingerprint density at radius 3 is 2.32 bits per heavy atom. The summed E-state index contributed by atoms with van der Waals surface area (Å²) >= 11 is 0. The molecular weight excluding hydrogens is 430 g/mol. The van der Waals surface area contributed by atoms with E-state index in [1.54, 1.807) is 42.7 Å². The molecule has 0 bridgehead atoms. The molecule has 1 heterocycles. The summed E-state index contributed by atoms with van der Waals surface area (Å²) in [5.74, 6) is -3.53. The molecule has 2 aromatic rings. The van der Waals surface area contributed by atoms with Crippen molar-refractivity contribution in [3.63, 3.8) is 0 Å². The molecule has 1 aromatic carbocycles. The molecule has 0 saturated heterocycles. The average molecular weight is 453 g/mol. The zero-order valence-electron chi connectivity index (χ0n) is 16.9. The van der Waals surface area contributed by atoms with Crippen molar-refractivity contribution < 1.29 is 37.8 Å². The average Bonchev–Trinajstić information content (AvgIpc) is 2.77. The van der Waals surface area contributed by atoms with Gasteiger partial charge in [0.05, 0.1) is 12.9 Å². The molecule has 31 heavy (non-hydrogen) atoms. The molecule has 2 rings (SSSR count). The first-order valence-electron chi connectivity index (χ1n) is 8.79. The monoisotopic (exact) mass is 453 g/mol. The fourth-order valence-corrected chi connectivity index (χ4v) is 2.90. The number of carboxylic acids is 2. The molecule has 0 unspecified atom stereocenters. The van der Waals surface area contributed by atoms with Gasteiger partial charge in [0.15, 0.2) is 0 Å². The number of benzene rings is 1. The number of pyridine rings is 1. The summed E-state index contributed by atoms with van der Waals surface area (Å²) in [5, 5.41) is 14.8. The van der Waals surface area contributed by atoms with E-state index in [1.807, 2.05) is 6.07 Å². The van der Waals surface area contributed by atoms with E-state index < -0.39 is 22.0 Å². The van der Waals surface area contributed by atoms with E-state index in [2.05, 4.69) is 9.71 Å². The second kappa shape index (κ2) is 12.2. The van der Waals surface area contributed by atoms with E-state index in [4.69, 9.17) is 24.5 Å². The minimum absolute atomic E-state index is 0.0636. The van der Waals surface area contributed by atoms with Crippen LogP contribution in [-0.4, -0.2) is 72.8 Å². The number of methoxy groups -OCH3 is 1. The SMILES string of the molecule is CNS(=O)(=O)CCN(Cc1cccnc1)C(=O)c1cccc(OC)c1.O=C(O)C(=O)O. The Hall–Kier alpha value is -3.51. The number of amides is 1. The number of sulfonamides is 1. The van der Waals surface area contributed by atoms with Crippen LogP contribution < -0.4 is 9.46 Å². The summed E-state index contributed by atoms with van der Waals surface area (Å²) < 4.78 is 30.9. The van der Waals surface area contributed by atoms with Gasteiger partial charge in [-0.1, -0.05) is 12.1 Å². The van der Waals surface area contributed by atoms with Crippen LogP contribution in [0.5, 0.6) is 5.75 Å². The highest BCUT2D eigenvalue weighted by molar-refractivity contribution is 7.89. The maximum absolute atomic E-state index is 12.9. The Morgan fingerprint density at radius 2 is 1.81 bits per heavy atom. The molecule has 0 aliphatic rings. The summed E-state index contributed by atoms with van der Waals surface area (Å²) in [7, 11) is -0.543. The van der Waals surface area contributed by atoms with Gasteiger partial charge in [0.1, 0.15) is 5.75 Å². The Labute approximate surface area is 179 Å². The topological polar surface area (TPSA) is 163 Å². The number of carbonyl (C=O) groups is 3. The molecule has 1 aromatic heterocycles. The lowest BCUT2D eigenvalue weighted by Gasteiger charge is -2.23. The van der Waals surface area contributed by atoms with Crippen molar-refractivity contribution in [3.8, 4) is 5.75 Å². The van der Waals surface area contributed by atoms with Crippen molar-refractivity contribution in [3.05, 3.63) is 59.9 Å². The lowest BCUT2D eigenvalue weighted by Crippen LogP contribution is -2.37. The number of carboxylic acid groups (broad SMARTS) is 2. The second-order valence-corrected chi connectivity index (χ2v) is 8.00. The van der Waals surface area contributed by atoms with E-state index in [0.717, 1.165) is 5.56 Å². The van der Waals surface area contributed by atoms with Crippen LogP contribution >= 0.6 is 0 Å². The summed E-state index contributed by atoms with van der Waals surface area (Å²) in [5.41, 5.74) is 1.26. The quantitative estimate of drug-likeness (QED) is 0.481. The maximum Gasteiger partial charge on any atom is 0.414 e. The number of hydrogen-bond acceptors (Lipinski definition) is 7. The van der Waals surface area contributed by atoms with Crippen LogP contribution in [0, 0.1) is 0 Å². The van der Waals surface area contributed by atoms with Crippen LogP contribution in [-0.2, 0) is 26.2 Å². The number of hydrogen-bond donors (Lipinski definition) is 3. The minimum atomic E-state index is -3.42.